The third-order valence-corrected chi connectivity index (χ3v) is 7.32. The summed E-state index contributed by atoms with van der Waals surface area (Å²) >= 11 is 1.06. The van der Waals surface area contributed by atoms with Crippen LogP contribution in [-0.4, -0.2) is 61.2 Å². The molecule has 0 spiro atoms. The van der Waals surface area contributed by atoms with Crippen LogP contribution < -0.4 is 20.7 Å². The van der Waals surface area contributed by atoms with Crippen LogP contribution in [0, 0.1) is 0 Å². The molecule has 0 radical (unpaired) electrons. The lowest BCUT2D eigenvalue weighted by molar-refractivity contribution is -0.274. The van der Waals surface area contributed by atoms with Crippen LogP contribution in [0.15, 0.2) is 48.9 Å². The van der Waals surface area contributed by atoms with Crippen LogP contribution in [-0.2, 0) is 30.7 Å². The molecule has 0 aliphatic carbocycles. The number of benzene rings is 1. The van der Waals surface area contributed by atoms with Crippen molar-refractivity contribution in [1.29, 1.82) is 0 Å². The largest absolute Gasteiger partial charge is 0.573 e. The second-order valence-electron chi connectivity index (χ2n) is 8.90. The Labute approximate surface area is 242 Å². The van der Waals surface area contributed by atoms with E-state index in [0.717, 1.165) is 34.3 Å². The van der Waals surface area contributed by atoms with Gasteiger partial charge in [0.15, 0.2) is 5.69 Å². The molecule has 0 aliphatic rings. The summed E-state index contributed by atoms with van der Waals surface area (Å²) in [4.78, 5) is 28.8. The molecule has 0 bridgehead atoms. The Morgan fingerprint density at radius 1 is 1.14 bits per heavy atom. The van der Waals surface area contributed by atoms with Gasteiger partial charge in [0.1, 0.15) is 16.9 Å². The van der Waals surface area contributed by atoms with E-state index >= 15 is 0 Å². The lowest BCUT2D eigenvalue weighted by atomic mass is 10.1. The van der Waals surface area contributed by atoms with E-state index in [0.29, 0.717) is 19.2 Å². The number of halogens is 4. The SMILES string of the molecule is CPc1cncc(CNC(=O)c2cn(CC(F)CCc3nnc(NC(=O)Cc4cccc(OC(F)(F)F)c4)s3)nn2)c1. The maximum Gasteiger partial charge on any atom is 0.573 e. The molecule has 3 heterocycles. The van der Waals surface area contributed by atoms with E-state index in [1.807, 2.05) is 12.7 Å². The molecule has 2 atom stereocenters. The van der Waals surface area contributed by atoms with Crippen molar-refractivity contribution >= 4 is 42.2 Å². The number of aromatic nitrogens is 6. The highest BCUT2D eigenvalue weighted by Crippen LogP contribution is 2.24. The van der Waals surface area contributed by atoms with Crippen LogP contribution in [0.2, 0.25) is 0 Å². The highest BCUT2D eigenvalue weighted by molar-refractivity contribution is 7.46. The molecule has 0 fully saturated rings. The van der Waals surface area contributed by atoms with Crippen LogP contribution in [0.1, 0.15) is 33.0 Å². The van der Waals surface area contributed by atoms with E-state index in [1.54, 1.807) is 12.4 Å². The predicted octanol–water partition coefficient (Wildman–Crippen LogP) is 3.44. The average molecular weight is 625 g/mol. The van der Waals surface area contributed by atoms with Gasteiger partial charge in [-0.3, -0.25) is 14.6 Å². The zero-order valence-electron chi connectivity index (χ0n) is 22.1. The van der Waals surface area contributed by atoms with E-state index < -0.39 is 30.1 Å². The molecule has 1 aromatic carbocycles. The van der Waals surface area contributed by atoms with E-state index in [-0.39, 0.29) is 43.2 Å². The minimum Gasteiger partial charge on any atom is -0.406 e. The number of hydrogen-bond donors (Lipinski definition) is 2. The topological polar surface area (TPSA) is 137 Å². The number of nitrogens with zero attached hydrogens (tertiary/aromatic N) is 6. The first-order valence-electron chi connectivity index (χ1n) is 12.5. The van der Waals surface area contributed by atoms with Crippen molar-refractivity contribution in [2.75, 3.05) is 12.0 Å². The lowest BCUT2D eigenvalue weighted by Gasteiger charge is -2.09. The van der Waals surface area contributed by atoms with Gasteiger partial charge < -0.3 is 15.4 Å². The number of amides is 2. The fraction of sp³-hybridized carbons (Fsp3) is 0.320. The minimum atomic E-state index is -4.84. The fourth-order valence-corrected chi connectivity index (χ4v) is 4.97. The van der Waals surface area contributed by atoms with Gasteiger partial charge in [-0.15, -0.1) is 28.5 Å². The first-order chi connectivity index (χ1) is 20.1. The van der Waals surface area contributed by atoms with Crippen molar-refractivity contribution in [3.05, 3.63) is 70.8 Å². The van der Waals surface area contributed by atoms with Crippen molar-refractivity contribution in [1.82, 2.24) is 35.5 Å². The zero-order valence-corrected chi connectivity index (χ0v) is 23.9. The number of rotatable bonds is 13. The van der Waals surface area contributed by atoms with E-state index in [9.17, 15) is 27.2 Å². The number of nitrogens with one attached hydrogen (secondary N) is 2. The zero-order chi connectivity index (χ0) is 30.1. The Morgan fingerprint density at radius 3 is 2.76 bits per heavy atom. The molecular formula is C25H25F4N8O3PS. The normalized spacial score (nSPS) is 12.4. The molecule has 11 nitrogen and oxygen atoms in total. The van der Waals surface area contributed by atoms with Gasteiger partial charge in [-0.25, -0.2) is 9.07 Å². The summed E-state index contributed by atoms with van der Waals surface area (Å²) in [7, 11) is 0.592. The molecule has 2 N–H and O–H groups in total. The fourth-order valence-electron chi connectivity index (χ4n) is 3.67. The second kappa shape index (κ2) is 14.2. The molecule has 4 rings (SSSR count). The number of anilines is 1. The molecule has 0 aliphatic heterocycles. The van der Waals surface area contributed by atoms with Crippen LogP contribution in [0.5, 0.6) is 5.75 Å². The number of aryl methyl sites for hydroxylation is 1. The van der Waals surface area contributed by atoms with Gasteiger partial charge >= 0.3 is 6.36 Å². The van der Waals surface area contributed by atoms with Crippen LogP contribution >= 0.6 is 19.9 Å². The molecular weight excluding hydrogens is 599 g/mol. The Kier molecular flexibility index (Phi) is 10.5. The predicted molar refractivity (Wildman–Crippen MR) is 148 cm³/mol. The molecule has 0 saturated carbocycles. The van der Waals surface area contributed by atoms with Gasteiger partial charge in [-0.1, -0.05) is 37.3 Å². The third kappa shape index (κ3) is 9.80. The number of carbonyl (C=O) groups is 2. The summed E-state index contributed by atoms with van der Waals surface area (Å²) in [5.41, 5.74) is 1.23. The lowest BCUT2D eigenvalue weighted by Crippen LogP contribution is -2.23. The summed E-state index contributed by atoms with van der Waals surface area (Å²) in [5, 5.41) is 22.5. The molecule has 2 amide bonds. The van der Waals surface area contributed by atoms with Crippen LogP contribution in [0.3, 0.4) is 0 Å². The van der Waals surface area contributed by atoms with Crippen molar-refractivity contribution in [3.63, 3.8) is 0 Å². The summed E-state index contributed by atoms with van der Waals surface area (Å²) in [6, 6.07) is 7.06. The Morgan fingerprint density at radius 2 is 1.98 bits per heavy atom. The first-order valence-corrected chi connectivity index (χ1v) is 14.8. The molecule has 0 saturated heterocycles. The number of carbonyl (C=O) groups excluding carboxylic acids is 2. The average Bonchev–Trinajstić information content (AvgIpc) is 3.59. The highest BCUT2D eigenvalue weighted by atomic mass is 32.1. The van der Waals surface area contributed by atoms with Gasteiger partial charge in [0.05, 0.1) is 19.2 Å². The summed E-state index contributed by atoms with van der Waals surface area (Å²) < 4.78 is 57.0. The minimum absolute atomic E-state index is 0.0628. The third-order valence-electron chi connectivity index (χ3n) is 5.57. The van der Waals surface area contributed by atoms with Gasteiger partial charge in [0.25, 0.3) is 5.91 Å². The molecule has 222 valence electrons. The van der Waals surface area contributed by atoms with Gasteiger partial charge in [-0.05, 0) is 47.7 Å². The highest BCUT2D eigenvalue weighted by Gasteiger charge is 2.31. The van der Waals surface area contributed by atoms with Gasteiger partial charge in [0, 0.05) is 25.4 Å². The standard InChI is InChI=1S/C25H25F4N8O3PS/c1-41-19-8-16(10-30-12-19)11-31-23(39)20-14-37(36-33-20)13-17(26)5-6-22-34-35-24(42-22)32-21(38)9-15-3-2-4-18(7-15)40-25(27,28)29/h2-4,7-8,10,12,14,17,41H,5-6,9,11,13H2,1H3,(H,31,39)(H,32,35,38). The quantitative estimate of drug-likeness (QED) is 0.171. The second-order valence-corrected chi connectivity index (χ2v) is 11.0. The van der Waals surface area contributed by atoms with Gasteiger partial charge in [-0.2, -0.15) is 0 Å². The summed E-state index contributed by atoms with van der Waals surface area (Å²) in [6.07, 6.45) is -1.24. The van der Waals surface area contributed by atoms with Crippen molar-refractivity contribution in [2.24, 2.45) is 0 Å². The summed E-state index contributed by atoms with van der Waals surface area (Å²) in [5.74, 6) is -1.38. The van der Waals surface area contributed by atoms with Crippen LogP contribution in [0.4, 0.5) is 22.7 Å². The van der Waals surface area contributed by atoms with E-state index in [2.05, 4.69) is 40.9 Å². The van der Waals surface area contributed by atoms with Crippen molar-refractivity contribution < 1.29 is 31.9 Å². The number of hydrogen-bond acceptors (Lipinski definition) is 9. The molecule has 17 heteroatoms. The summed E-state index contributed by atoms with van der Waals surface area (Å²) in [6.45, 7) is 2.19. The van der Waals surface area contributed by atoms with E-state index in [1.165, 1.54) is 23.0 Å². The number of alkyl halides is 4. The first kappa shape index (κ1) is 30.9. The maximum atomic E-state index is 14.6. The maximum absolute atomic E-state index is 14.6. The molecule has 4 aromatic rings. The van der Waals surface area contributed by atoms with Gasteiger partial charge in [0.2, 0.25) is 11.0 Å². The Hall–Kier alpha value is -4.04. The number of ether oxygens (including phenoxy) is 1. The van der Waals surface area contributed by atoms with E-state index in [4.69, 9.17) is 0 Å². The Bertz CT molecular complexity index is 1520. The number of pyridine rings is 1. The van der Waals surface area contributed by atoms with Crippen LogP contribution in [0.25, 0.3) is 0 Å². The van der Waals surface area contributed by atoms with Crippen molar-refractivity contribution in [2.45, 2.75) is 44.9 Å². The molecule has 42 heavy (non-hydrogen) atoms. The molecule has 3 aromatic heterocycles. The monoisotopic (exact) mass is 624 g/mol. The molecule has 2 unspecified atom stereocenters. The van der Waals surface area contributed by atoms with Crippen molar-refractivity contribution in [3.8, 4) is 5.75 Å². The Balaban J connectivity index is 1.20. The smallest absolute Gasteiger partial charge is 0.406 e.